The zero-order chi connectivity index (χ0) is 9.97. The Morgan fingerprint density at radius 1 is 0.786 bits per heavy atom. The number of hydrogen-bond acceptors (Lipinski definition) is 8. The summed E-state index contributed by atoms with van der Waals surface area (Å²) in [5, 5.41) is 21.6. The smallest absolute Gasteiger partial charge is 0.240 e. The fraction of sp³-hybridized carbons (Fsp3) is 0.333. The van der Waals surface area contributed by atoms with Crippen LogP contribution in [-0.4, -0.2) is 20.6 Å². The van der Waals surface area contributed by atoms with Crippen LogP contribution < -0.4 is 0 Å². The maximum absolute atomic E-state index is 4.43. The van der Waals surface area contributed by atoms with Gasteiger partial charge in [0.2, 0.25) is 11.6 Å². The highest BCUT2D eigenvalue weighted by Crippen LogP contribution is 2.18. The van der Waals surface area contributed by atoms with Gasteiger partial charge in [0.15, 0.2) is 0 Å². The molecule has 0 amide bonds. The molecule has 72 valence electrons. The molecule has 2 aromatic heterocycles. The number of rotatable bonds is 2. The van der Waals surface area contributed by atoms with E-state index in [0.717, 1.165) is 0 Å². The van der Waals surface area contributed by atoms with E-state index in [9.17, 15) is 0 Å². The van der Waals surface area contributed by atoms with Crippen molar-refractivity contribution in [1.82, 2.24) is 20.6 Å². The molecule has 2 heterocycles. The fourth-order valence-corrected chi connectivity index (χ4v) is 0.730. The molecule has 8 nitrogen and oxygen atoms in total. The van der Waals surface area contributed by atoms with Crippen LogP contribution in [0.25, 0.3) is 0 Å². The van der Waals surface area contributed by atoms with Crippen LogP contribution in [-0.2, 0) is 0 Å². The van der Waals surface area contributed by atoms with Gasteiger partial charge in [0, 0.05) is 0 Å². The second kappa shape index (κ2) is 3.32. The molecular weight excluding hydrogens is 188 g/mol. The molecule has 0 aromatic carbocycles. The van der Waals surface area contributed by atoms with E-state index >= 15 is 0 Å². The Labute approximate surface area is 77.9 Å². The largest absolute Gasteiger partial charge is 0.242 e. The molecule has 2 rings (SSSR count). The first-order valence-electron chi connectivity index (χ1n) is 3.77. The first-order valence-corrected chi connectivity index (χ1v) is 3.77. The summed E-state index contributed by atoms with van der Waals surface area (Å²) in [5.74, 6) is 0.625. The number of aromatic nitrogens is 4. The zero-order valence-corrected chi connectivity index (χ0v) is 7.50. The topological polar surface area (TPSA) is 103 Å². The van der Waals surface area contributed by atoms with E-state index in [2.05, 4.69) is 40.1 Å². The lowest BCUT2D eigenvalue weighted by molar-refractivity contribution is 0.304. The first kappa shape index (κ1) is 8.48. The van der Waals surface area contributed by atoms with Crippen molar-refractivity contribution in [1.29, 1.82) is 0 Å². The monoisotopic (exact) mass is 194 g/mol. The third-order valence-electron chi connectivity index (χ3n) is 1.50. The predicted molar refractivity (Wildman–Crippen MR) is 42.2 cm³/mol. The Kier molecular flexibility index (Phi) is 2.01. The van der Waals surface area contributed by atoms with Crippen molar-refractivity contribution >= 4 is 11.6 Å². The third-order valence-corrected chi connectivity index (χ3v) is 1.50. The highest BCUT2D eigenvalue weighted by atomic mass is 16.6. The Bertz CT molecular complexity index is 416. The molecule has 8 heteroatoms. The van der Waals surface area contributed by atoms with Gasteiger partial charge in [-0.25, -0.2) is 9.26 Å². The first-order chi connectivity index (χ1) is 6.77. The Balaban J connectivity index is 2.23. The van der Waals surface area contributed by atoms with Crippen molar-refractivity contribution in [3.05, 3.63) is 11.4 Å². The van der Waals surface area contributed by atoms with Crippen molar-refractivity contribution in [2.24, 2.45) is 10.2 Å². The molecule has 0 saturated carbocycles. The number of azo groups is 1. The summed E-state index contributed by atoms with van der Waals surface area (Å²) in [6.07, 6.45) is 0. The number of nitrogens with zero attached hydrogens (tertiary/aromatic N) is 6. The van der Waals surface area contributed by atoms with Gasteiger partial charge in [0.25, 0.3) is 0 Å². The van der Waals surface area contributed by atoms with Crippen molar-refractivity contribution in [2.75, 3.05) is 0 Å². The molecule has 14 heavy (non-hydrogen) atoms. The summed E-state index contributed by atoms with van der Waals surface area (Å²) in [6.45, 7) is 3.41. The summed E-state index contributed by atoms with van der Waals surface area (Å²) >= 11 is 0. The van der Waals surface area contributed by atoms with Gasteiger partial charge in [-0.1, -0.05) is 10.3 Å². The molecule has 0 spiro atoms. The second-order valence-electron chi connectivity index (χ2n) is 2.55. The molecule has 0 aliphatic rings. The lowest BCUT2D eigenvalue weighted by atomic mass is 10.5. The van der Waals surface area contributed by atoms with Crippen LogP contribution in [0, 0.1) is 13.8 Å². The van der Waals surface area contributed by atoms with Crippen LogP contribution in [0.4, 0.5) is 11.6 Å². The van der Waals surface area contributed by atoms with Gasteiger partial charge in [-0.15, -0.1) is 10.2 Å². The molecule has 0 atom stereocenters. The van der Waals surface area contributed by atoms with Crippen LogP contribution >= 0.6 is 0 Å². The highest BCUT2D eigenvalue weighted by Gasteiger charge is 2.05. The van der Waals surface area contributed by atoms with E-state index in [1.807, 2.05) is 0 Å². The van der Waals surface area contributed by atoms with Crippen LogP contribution in [0.1, 0.15) is 11.4 Å². The Morgan fingerprint density at radius 3 is 1.50 bits per heavy atom. The van der Waals surface area contributed by atoms with Gasteiger partial charge in [0.1, 0.15) is 11.4 Å². The van der Waals surface area contributed by atoms with E-state index in [1.165, 1.54) is 0 Å². The van der Waals surface area contributed by atoms with Crippen molar-refractivity contribution in [2.45, 2.75) is 13.8 Å². The second-order valence-corrected chi connectivity index (χ2v) is 2.55. The van der Waals surface area contributed by atoms with E-state index in [-0.39, 0.29) is 0 Å². The normalized spacial score (nSPS) is 11.3. The maximum atomic E-state index is 4.43. The van der Waals surface area contributed by atoms with Crippen LogP contribution in [0.2, 0.25) is 0 Å². The molecular formula is C6H6N6O2. The third kappa shape index (κ3) is 1.49. The summed E-state index contributed by atoms with van der Waals surface area (Å²) in [6, 6.07) is 0. The molecule has 0 bridgehead atoms. The average molecular weight is 194 g/mol. The number of aryl methyl sites for hydroxylation is 2. The molecule has 0 aliphatic carbocycles. The molecule has 2 aromatic rings. The number of hydrogen-bond donors (Lipinski definition) is 0. The SMILES string of the molecule is Cc1nonc1N=Nc1nonc1C. The van der Waals surface area contributed by atoms with Crippen LogP contribution in [0.15, 0.2) is 19.5 Å². The van der Waals surface area contributed by atoms with E-state index in [1.54, 1.807) is 13.8 Å². The summed E-state index contributed by atoms with van der Waals surface area (Å²) in [4.78, 5) is 0. The fourth-order valence-electron chi connectivity index (χ4n) is 0.730. The molecule has 0 radical (unpaired) electrons. The standard InChI is InChI=1S/C6H6N6O2/c1-3-5(11-13-9-3)7-8-6-4(2)10-14-12-6/h1-2H3. The van der Waals surface area contributed by atoms with E-state index in [4.69, 9.17) is 0 Å². The van der Waals surface area contributed by atoms with Crippen molar-refractivity contribution in [3.8, 4) is 0 Å². The van der Waals surface area contributed by atoms with Gasteiger partial charge in [0.05, 0.1) is 0 Å². The maximum Gasteiger partial charge on any atom is 0.240 e. The molecule has 0 saturated heterocycles. The van der Waals surface area contributed by atoms with E-state index < -0.39 is 0 Å². The van der Waals surface area contributed by atoms with Gasteiger partial charge >= 0.3 is 0 Å². The van der Waals surface area contributed by atoms with Crippen LogP contribution in [0.5, 0.6) is 0 Å². The molecule has 0 N–H and O–H groups in total. The van der Waals surface area contributed by atoms with Gasteiger partial charge in [-0.3, -0.25) is 0 Å². The van der Waals surface area contributed by atoms with Gasteiger partial charge in [-0.2, -0.15) is 0 Å². The lowest BCUT2D eigenvalue weighted by Gasteiger charge is -1.81. The Morgan fingerprint density at radius 2 is 1.21 bits per heavy atom. The minimum absolute atomic E-state index is 0.312. The van der Waals surface area contributed by atoms with Gasteiger partial charge in [-0.05, 0) is 24.2 Å². The molecule has 0 aliphatic heterocycles. The summed E-state index contributed by atoms with van der Waals surface area (Å²) in [7, 11) is 0. The predicted octanol–water partition coefficient (Wildman–Crippen LogP) is 1.48. The van der Waals surface area contributed by atoms with Crippen molar-refractivity contribution < 1.29 is 9.26 Å². The van der Waals surface area contributed by atoms with E-state index in [0.29, 0.717) is 23.0 Å². The summed E-state index contributed by atoms with van der Waals surface area (Å²) < 4.78 is 8.86. The molecule has 0 unspecified atom stereocenters. The zero-order valence-electron chi connectivity index (χ0n) is 7.50. The minimum atomic E-state index is 0.312. The van der Waals surface area contributed by atoms with Crippen LogP contribution in [0.3, 0.4) is 0 Å². The highest BCUT2D eigenvalue weighted by molar-refractivity contribution is 5.32. The lowest BCUT2D eigenvalue weighted by Crippen LogP contribution is -1.70. The quantitative estimate of drug-likeness (QED) is 0.671. The molecule has 0 fully saturated rings. The summed E-state index contributed by atoms with van der Waals surface area (Å²) in [5.41, 5.74) is 1.12. The average Bonchev–Trinajstić information content (AvgIpc) is 2.72. The van der Waals surface area contributed by atoms with Gasteiger partial charge < -0.3 is 0 Å². The van der Waals surface area contributed by atoms with Crippen molar-refractivity contribution in [3.63, 3.8) is 0 Å². The Hall–Kier alpha value is -2.12. The minimum Gasteiger partial charge on any atom is -0.242 e.